The van der Waals surface area contributed by atoms with Gasteiger partial charge in [0, 0.05) is 32.1 Å². The minimum absolute atomic E-state index is 0.0262. The molecular formula is C21H30N4O4S. The molecule has 1 saturated heterocycles. The second-order valence-electron chi connectivity index (χ2n) is 8.10. The van der Waals surface area contributed by atoms with Crippen LogP contribution in [0.1, 0.15) is 35.4 Å². The van der Waals surface area contributed by atoms with Gasteiger partial charge in [0.2, 0.25) is 15.9 Å². The first-order valence-corrected chi connectivity index (χ1v) is 11.6. The fraction of sp³-hybridized carbons (Fsp3) is 0.524. The van der Waals surface area contributed by atoms with Gasteiger partial charge in [-0.3, -0.25) is 4.79 Å². The first-order chi connectivity index (χ1) is 14.2. The molecule has 0 atom stereocenters. The Morgan fingerprint density at radius 2 is 1.77 bits per heavy atom. The summed E-state index contributed by atoms with van der Waals surface area (Å²) in [5.74, 6) is 0.0832. The molecular weight excluding hydrogens is 404 g/mol. The summed E-state index contributed by atoms with van der Waals surface area (Å²) < 4.78 is 32.2. The summed E-state index contributed by atoms with van der Waals surface area (Å²) in [6, 6.07) is 8.19. The van der Waals surface area contributed by atoms with Gasteiger partial charge in [0.1, 0.15) is 10.6 Å². The lowest BCUT2D eigenvalue weighted by molar-refractivity contribution is -0.126. The van der Waals surface area contributed by atoms with Gasteiger partial charge in [0.15, 0.2) is 5.76 Å². The molecule has 9 heteroatoms. The molecule has 8 nitrogen and oxygen atoms in total. The van der Waals surface area contributed by atoms with E-state index in [4.69, 9.17) is 4.52 Å². The van der Waals surface area contributed by atoms with Crippen molar-refractivity contribution in [3.8, 4) is 0 Å². The average molecular weight is 435 g/mol. The summed E-state index contributed by atoms with van der Waals surface area (Å²) in [6.07, 6.45) is 0.992. The first-order valence-electron chi connectivity index (χ1n) is 10.1. The molecule has 2 heterocycles. The Bertz CT molecular complexity index is 955. The second-order valence-corrected chi connectivity index (χ2v) is 9.98. The highest BCUT2D eigenvalue weighted by molar-refractivity contribution is 7.89. The minimum Gasteiger partial charge on any atom is -0.360 e. The summed E-state index contributed by atoms with van der Waals surface area (Å²) in [6.45, 7) is 5.19. The molecule has 0 radical (unpaired) electrons. The predicted octanol–water partition coefficient (Wildman–Crippen LogP) is 2.07. The van der Waals surface area contributed by atoms with Gasteiger partial charge in [-0.15, -0.1) is 0 Å². The van der Waals surface area contributed by atoms with Crippen LogP contribution in [-0.4, -0.2) is 55.9 Å². The molecule has 0 aliphatic carbocycles. The van der Waals surface area contributed by atoms with Crippen LogP contribution in [0.3, 0.4) is 0 Å². The number of hydrogen-bond acceptors (Lipinski definition) is 6. The number of carbonyl (C=O) groups is 1. The van der Waals surface area contributed by atoms with E-state index in [1.54, 1.807) is 13.8 Å². The number of piperidine rings is 1. The molecule has 2 aromatic rings. The van der Waals surface area contributed by atoms with Gasteiger partial charge in [-0.25, -0.2) is 8.42 Å². The number of rotatable bonds is 7. The molecule has 3 rings (SSSR count). The largest absolute Gasteiger partial charge is 0.360 e. The Morgan fingerprint density at radius 3 is 2.30 bits per heavy atom. The quantitative estimate of drug-likeness (QED) is 0.717. The van der Waals surface area contributed by atoms with E-state index in [2.05, 4.69) is 27.5 Å². The minimum atomic E-state index is -3.66. The third kappa shape index (κ3) is 5.08. The van der Waals surface area contributed by atoms with E-state index >= 15 is 0 Å². The molecule has 1 aromatic heterocycles. The molecule has 1 amide bonds. The van der Waals surface area contributed by atoms with Crippen LogP contribution in [0.25, 0.3) is 0 Å². The zero-order chi connectivity index (χ0) is 21.9. The van der Waals surface area contributed by atoms with Crippen LogP contribution in [-0.2, 0) is 27.9 Å². The predicted molar refractivity (Wildman–Crippen MR) is 113 cm³/mol. The maximum Gasteiger partial charge on any atom is 0.248 e. The van der Waals surface area contributed by atoms with Crippen LogP contribution in [0.15, 0.2) is 33.7 Å². The lowest BCUT2D eigenvalue weighted by Gasteiger charge is -2.30. The number of sulfonamides is 1. The van der Waals surface area contributed by atoms with Gasteiger partial charge in [-0.2, -0.15) is 4.31 Å². The maximum absolute atomic E-state index is 12.9. The number of benzene rings is 1. The number of hydrogen-bond donors (Lipinski definition) is 1. The second kappa shape index (κ2) is 9.28. The van der Waals surface area contributed by atoms with Crippen LogP contribution in [0, 0.1) is 19.8 Å². The average Bonchev–Trinajstić information content (AvgIpc) is 3.05. The Labute approximate surface area is 178 Å². The lowest BCUT2D eigenvalue weighted by atomic mass is 9.97. The fourth-order valence-electron chi connectivity index (χ4n) is 3.79. The molecule has 1 N–H and O–H groups in total. The smallest absolute Gasteiger partial charge is 0.248 e. The van der Waals surface area contributed by atoms with E-state index in [9.17, 15) is 13.2 Å². The molecule has 0 saturated carbocycles. The molecule has 1 aliphatic rings. The van der Waals surface area contributed by atoms with Crippen LogP contribution in [0.5, 0.6) is 0 Å². The maximum atomic E-state index is 12.9. The molecule has 1 fully saturated rings. The van der Waals surface area contributed by atoms with E-state index in [1.807, 2.05) is 26.2 Å². The molecule has 1 aromatic carbocycles. The topological polar surface area (TPSA) is 95.8 Å². The Morgan fingerprint density at radius 1 is 1.17 bits per heavy atom. The highest BCUT2D eigenvalue weighted by atomic mass is 32.2. The zero-order valence-corrected chi connectivity index (χ0v) is 18.8. The van der Waals surface area contributed by atoms with Crippen molar-refractivity contribution in [2.45, 2.75) is 44.7 Å². The molecule has 164 valence electrons. The van der Waals surface area contributed by atoms with Crippen molar-refractivity contribution < 1.29 is 17.7 Å². The van der Waals surface area contributed by atoms with Crippen molar-refractivity contribution in [1.29, 1.82) is 0 Å². The van der Waals surface area contributed by atoms with Gasteiger partial charge >= 0.3 is 0 Å². The Hall–Kier alpha value is -2.23. The molecule has 0 spiro atoms. The zero-order valence-electron chi connectivity index (χ0n) is 18.0. The van der Waals surface area contributed by atoms with Crippen molar-refractivity contribution >= 4 is 15.9 Å². The Kier molecular flexibility index (Phi) is 6.95. The molecule has 30 heavy (non-hydrogen) atoms. The number of aromatic nitrogens is 1. The fourth-order valence-corrected chi connectivity index (χ4v) is 5.55. The van der Waals surface area contributed by atoms with Crippen molar-refractivity contribution in [3.05, 3.63) is 46.8 Å². The highest BCUT2D eigenvalue weighted by Gasteiger charge is 2.35. The SMILES string of the molecule is Cc1noc(C)c1S(=O)(=O)N1CCC(C(=O)NCc2ccc(CN(C)C)cc2)CC1. The number of amides is 1. The number of carbonyl (C=O) groups excluding carboxylic acids is 1. The third-order valence-corrected chi connectivity index (χ3v) is 7.52. The number of nitrogens with zero attached hydrogens (tertiary/aromatic N) is 3. The van der Waals surface area contributed by atoms with E-state index in [0.717, 1.165) is 12.1 Å². The number of nitrogens with one attached hydrogen (secondary N) is 1. The monoisotopic (exact) mass is 434 g/mol. The normalized spacial score (nSPS) is 16.2. The molecule has 1 aliphatic heterocycles. The van der Waals surface area contributed by atoms with Gasteiger partial charge < -0.3 is 14.7 Å². The van der Waals surface area contributed by atoms with Crippen molar-refractivity contribution in [3.63, 3.8) is 0 Å². The van der Waals surface area contributed by atoms with Crippen molar-refractivity contribution in [2.75, 3.05) is 27.2 Å². The van der Waals surface area contributed by atoms with Gasteiger partial charge in [-0.05, 0) is 51.9 Å². The number of aryl methyl sites for hydroxylation is 2. The highest BCUT2D eigenvalue weighted by Crippen LogP contribution is 2.27. The van der Waals surface area contributed by atoms with Crippen molar-refractivity contribution in [1.82, 2.24) is 19.7 Å². The summed E-state index contributed by atoms with van der Waals surface area (Å²) >= 11 is 0. The standard InChI is InChI=1S/C21H30N4O4S/c1-15-20(16(2)29-23-15)30(27,28)25-11-9-19(10-12-25)21(26)22-13-17-5-7-18(8-6-17)14-24(3)4/h5-8,19H,9-14H2,1-4H3,(H,22,26). The summed E-state index contributed by atoms with van der Waals surface area (Å²) in [4.78, 5) is 14.8. The summed E-state index contributed by atoms with van der Waals surface area (Å²) in [5, 5.41) is 6.73. The molecule has 0 bridgehead atoms. The van der Waals surface area contributed by atoms with Crippen LogP contribution >= 0.6 is 0 Å². The van der Waals surface area contributed by atoms with Crippen LogP contribution in [0.2, 0.25) is 0 Å². The summed E-state index contributed by atoms with van der Waals surface area (Å²) in [5.41, 5.74) is 2.63. The summed E-state index contributed by atoms with van der Waals surface area (Å²) in [7, 11) is 0.398. The van der Waals surface area contributed by atoms with Gasteiger partial charge in [0.25, 0.3) is 0 Å². The van der Waals surface area contributed by atoms with Crippen molar-refractivity contribution in [2.24, 2.45) is 5.92 Å². The van der Waals surface area contributed by atoms with E-state index in [1.165, 1.54) is 9.87 Å². The lowest BCUT2D eigenvalue weighted by Crippen LogP contribution is -2.43. The first kappa shape index (κ1) is 22.5. The van der Waals surface area contributed by atoms with E-state index in [0.29, 0.717) is 43.9 Å². The van der Waals surface area contributed by atoms with Crippen LogP contribution in [0.4, 0.5) is 0 Å². The third-order valence-electron chi connectivity index (χ3n) is 5.38. The van der Waals surface area contributed by atoms with E-state index in [-0.39, 0.29) is 16.7 Å². The van der Waals surface area contributed by atoms with Crippen LogP contribution < -0.4 is 5.32 Å². The van der Waals surface area contributed by atoms with Gasteiger partial charge in [-0.1, -0.05) is 29.4 Å². The Balaban J connectivity index is 1.52. The van der Waals surface area contributed by atoms with Gasteiger partial charge in [0.05, 0.1) is 0 Å². The molecule has 0 unspecified atom stereocenters. The van der Waals surface area contributed by atoms with E-state index < -0.39 is 10.0 Å².